The third kappa shape index (κ3) is 3.22. The average molecular weight is 361 g/mol. The highest BCUT2D eigenvalue weighted by Crippen LogP contribution is 2.38. The van der Waals surface area contributed by atoms with Crippen molar-refractivity contribution < 1.29 is 0 Å². The third-order valence-electron chi connectivity index (χ3n) is 5.42. The van der Waals surface area contributed by atoms with E-state index in [0.717, 1.165) is 43.1 Å². The molecule has 0 unspecified atom stereocenters. The van der Waals surface area contributed by atoms with Gasteiger partial charge in [-0.25, -0.2) is 9.98 Å². The zero-order valence-electron chi connectivity index (χ0n) is 16.6. The molecule has 3 heterocycles. The maximum atomic E-state index is 4.80. The van der Waals surface area contributed by atoms with Crippen LogP contribution < -0.4 is 10.9 Å². The largest absolute Gasteiger partial charge is 0.369 e. The number of rotatable bonds is 4. The molecule has 0 amide bonds. The molecule has 5 heteroatoms. The van der Waals surface area contributed by atoms with Crippen LogP contribution in [0, 0.1) is 13.8 Å². The van der Waals surface area contributed by atoms with Gasteiger partial charge in [0.2, 0.25) is 5.62 Å². The summed E-state index contributed by atoms with van der Waals surface area (Å²) in [6.07, 6.45) is 3.94. The van der Waals surface area contributed by atoms with Gasteiger partial charge < -0.3 is 9.88 Å². The van der Waals surface area contributed by atoms with Gasteiger partial charge in [-0.15, -0.1) is 0 Å². The van der Waals surface area contributed by atoms with Crippen LogP contribution in [-0.4, -0.2) is 27.1 Å². The molecular weight excluding hydrogens is 334 g/mol. The second kappa shape index (κ2) is 7.14. The minimum absolute atomic E-state index is 0.285. The predicted molar refractivity (Wildman–Crippen MR) is 110 cm³/mol. The first kappa shape index (κ1) is 17.7. The van der Waals surface area contributed by atoms with Crippen molar-refractivity contribution >= 4 is 5.82 Å². The Morgan fingerprint density at radius 1 is 1.15 bits per heavy atom. The number of fused-ring (bicyclic) bond motifs is 3. The summed E-state index contributed by atoms with van der Waals surface area (Å²) in [6.45, 7) is 10.4. The standard InChI is InChI=1S/C22H27N5/c1-5-17(6-2)25-22-24-13-16-12-19(18-11-14(3)7-8-15(18)4)21-23-9-10-27(21)20(16)26-22/h7-8,11-13,17,23H,5-6,9-10H2,1-4H3. The quantitative estimate of drug-likeness (QED) is 0.758. The van der Waals surface area contributed by atoms with E-state index in [1.165, 1.54) is 22.3 Å². The van der Waals surface area contributed by atoms with Crippen LogP contribution in [0.15, 0.2) is 35.5 Å². The SMILES string of the molecule is CCC(CC)N=c1ncc2cc(-c3cc(C)ccc3C)c3n(c-2n1)CCN3. The molecule has 0 saturated heterocycles. The second-order valence-electron chi connectivity index (χ2n) is 7.35. The van der Waals surface area contributed by atoms with E-state index in [1.807, 2.05) is 6.20 Å². The van der Waals surface area contributed by atoms with Gasteiger partial charge in [0.15, 0.2) is 0 Å². The van der Waals surface area contributed by atoms with Crippen LogP contribution in [0.4, 0.5) is 5.82 Å². The van der Waals surface area contributed by atoms with Gasteiger partial charge in [0.25, 0.3) is 0 Å². The number of benzene rings is 1. The number of aryl methyl sites for hydroxylation is 2. The van der Waals surface area contributed by atoms with Crippen LogP contribution in [0.1, 0.15) is 37.8 Å². The van der Waals surface area contributed by atoms with Gasteiger partial charge in [0.1, 0.15) is 11.6 Å². The Bertz CT molecular complexity index is 1010. The van der Waals surface area contributed by atoms with Gasteiger partial charge in [-0.3, -0.25) is 0 Å². The van der Waals surface area contributed by atoms with E-state index in [-0.39, 0.29) is 6.04 Å². The van der Waals surface area contributed by atoms with Crippen molar-refractivity contribution in [2.75, 3.05) is 11.9 Å². The number of nitrogens with zero attached hydrogens (tertiary/aromatic N) is 4. The Hall–Kier alpha value is -2.69. The fourth-order valence-electron chi connectivity index (χ4n) is 3.79. The lowest BCUT2D eigenvalue weighted by molar-refractivity contribution is 0.604. The highest BCUT2D eigenvalue weighted by atomic mass is 15.2. The number of aromatic nitrogens is 3. The van der Waals surface area contributed by atoms with Crippen LogP contribution in [0.5, 0.6) is 0 Å². The van der Waals surface area contributed by atoms with Crippen molar-refractivity contribution in [1.29, 1.82) is 0 Å². The molecule has 0 atom stereocenters. The molecule has 140 valence electrons. The van der Waals surface area contributed by atoms with Crippen molar-refractivity contribution in [3.8, 4) is 22.5 Å². The van der Waals surface area contributed by atoms with Gasteiger partial charge in [0, 0.05) is 30.4 Å². The second-order valence-corrected chi connectivity index (χ2v) is 7.35. The summed E-state index contributed by atoms with van der Waals surface area (Å²) in [5.74, 6) is 2.10. The Morgan fingerprint density at radius 3 is 2.74 bits per heavy atom. The highest BCUT2D eigenvalue weighted by Gasteiger charge is 2.22. The Labute approximate surface area is 160 Å². The third-order valence-corrected chi connectivity index (χ3v) is 5.42. The molecular formula is C22H27N5. The molecule has 0 fully saturated rings. The molecule has 1 aromatic carbocycles. The van der Waals surface area contributed by atoms with Gasteiger partial charge in [-0.1, -0.05) is 37.6 Å². The lowest BCUT2D eigenvalue weighted by Crippen LogP contribution is -2.20. The van der Waals surface area contributed by atoms with E-state index in [2.05, 4.69) is 66.8 Å². The molecule has 0 bridgehead atoms. The highest BCUT2D eigenvalue weighted by molar-refractivity contribution is 5.84. The first-order valence-corrected chi connectivity index (χ1v) is 9.86. The van der Waals surface area contributed by atoms with Gasteiger partial charge in [0.05, 0.1) is 6.04 Å². The molecule has 4 rings (SSSR count). The van der Waals surface area contributed by atoms with E-state index in [4.69, 9.17) is 9.98 Å². The molecule has 27 heavy (non-hydrogen) atoms. The van der Waals surface area contributed by atoms with E-state index < -0.39 is 0 Å². The zero-order chi connectivity index (χ0) is 19.0. The molecule has 5 nitrogen and oxygen atoms in total. The fraction of sp³-hybridized carbons (Fsp3) is 0.409. The van der Waals surface area contributed by atoms with Crippen LogP contribution in [-0.2, 0) is 6.54 Å². The van der Waals surface area contributed by atoms with Crippen LogP contribution in [0.3, 0.4) is 0 Å². The smallest absolute Gasteiger partial charge is 0.246 e. The molecule has 1 aromatic rings. The summed E-state index contributed by atoms with van der Waals surface area (Å²) in [4.78, 5) is 14.1. The minimum atomic E-state index is 0.285. The molecule has 0 aromatic heterocycles. The summed E-state index contributed by atoms with van der Waals surface area (Å²) < 4.78 is 2.28. The minimum Gasteiger partial charge on any atom is -0.369 e. The number of nitrogens with one attached hydrogen (secondary N) is 1. The van der Waals surface area contributed by atoms with E-state index >= 15 is 0 Å². The Balaban J connectivity index is 1.93. The Morgan fingerprint density at radius 2 is 1.96 bits per heavy atom. The number of hydrogen-bond donors (Lipinski definition) is 1. The average Bonchev–Trinajstić information content (AvgIpc) is 3.17. The first-order valence-electron chi connectivity index (χ1n) is 9.86. The van der Waals surface area contributed by atoms with Crippen LogP contribution in [0.2, 0.25) is 0 Å². The normalized spacial score (nSPS) is 14.0. The van der Waals surface area contributed by atoms with Crippen molar-refractivity contribution in [3.63, 3.8) is 0 Å². The van der Waals surface area contributed by atoms with Crippen LogP contribution in [0.25, 0.3) is 22.5 Å². The summed E-state index contributed by atoms with van der Waals surface area (Å²) in [6, 6.07) is 9.11. The van der Waals surface area contributed by atoms with Gasteiger partial charge in [-0.05, 0) is 43.9 Å². The maximum Gasteiger partial charge on any atom is 0.246 e. The van der Waals surface area contributed by atoms with Gasteiger partial charge in [-0.2, -0.15) is 4.98 Å². The van der Waals surface area contributed by atoms with Crippen molar-refractivity contribution in [2.24, 2.45) is 4.99 Å². The number of anilines is 1. The lowest BCUT2D eigenvalue weighted by atomic mass is 9.97. The molecule has 3 aliphatic heterocycles. The topological polar surface area (TPSA) is 55.1 Å². The molecule has 0 radical (unpaired) electrons. The van der Waals surface area contributed by atoms with E-state index in [9.17, 15) is 0 Å². The fourth-order valence-corrected chi connectivity index (χ4v) is 3.79. The van der Waals surface area contributed by atoms with Crippen LogP contribution >= 0.6 is 0 Å². The number of pyridine rings is 1. The summed E-state index contributed by atoms with van der Waals surface area (Å²) in [5.41, 5.74) is 6.68. The van der Waals surface area contributed by atoms with Gasteiger partial charge >= 0.3 is 0 Å². The van der Waals surface area contributed by atoms with E-state index in [1.54, 1.807) is 0 Å². The maximum absolute atomic E-state index is 4.80. The van der Waals surface area contributed by atoms with E-state index in [0.29, 0.717) is 5.62 Å². The summed E-state index contributed by atoms with van der Waals surface area (Å²) in [7, 11) is 0. The molecule has 1 N–H and O–H groups in total. The Kier molecular flexibility index (Phi) is 4.68. The van der Waals surface area contributed by atoms with Crippen molar-refractivity contribution in [2.45, 2.75) is 53.1 Å². The van der Waals surface area contributed by atoms with Crippen molar-refractivity contribution in [3.05, 3.63) is 47.2 Å². The zero-order valence-corrected chi connectivity index (χ0v) is 16.6. The molecule has 0 spiro atoms. The van der Waals surface area contributed by atoms with Crippen molar-refractivity contribution in [1.82, 2.24) is 14.5 Å². The molecule has 0 saturated carbocycles. The summed E-state index contributed by atoms with van der Waals surface area (Å²) in [5, 5.41) is 3.56. The monoisotopic (exact) mass is 361 g/mol. The first-order chi connectivity index (χ1) is 13.1. The molecule has 0 aliphatic carbocycles. The summed E-state index contributed by atoms with van der Waals surface area (Å²) >= 11 is 0. The number of hydrogen-bond acceptors (Lipinski definition) is 4. The predicted octanol–water partition coefficient (Wildman–Crippen LogP) is 4.18. The lowest BCUT2D eigenvalue weighted by Gasteiger charge is -2.18. The molecule has 3 aliphatic rings.